The normalized spacial score (nSPS) is 24.3. The summed E-state index contributed by atoms with van der Waals surface area (Å²) >= 11 is 0. The van der Waals surface area contributed by atoms with Gasteiger partial charge in [-0.15, -0.1) is 0 Å². The molecular formula is C20H25NO3. The smallest absolute Gasteiger partial charge is 0.332 e. The first-order valence-electron chi connectivity index (χ1n) is 8.90. The molecular weight excluding hydrogens is 302 g/mol. The van der Waals surface area contributed by atoms with Crippen LogP contribution in [0.2, 0.25) is 0 Å². The monoisotopic (exact) mass is 327 g/mol. The molecule has 3 rings (SSSR count). The van der Waals surface area contributed by atoms with E-state index in [9.17, 15) is 14.7 Å². The number of carbonyl (C=O) groups is 2. The van der Waals surface area contributed by atoms with E-state index < -0.39 is 5.97 Å². The van der Waals surface area contributed by atoms with Gasteiger partial charge in [-0.25, -0.2) is 4.79 Å². The molecule has 2 fully saturated rings. The van der Waals surface area contributed by atoms with Crippen molar-refractivity contribution < 1.29 is 14.7 Å². The lowest BCUT2D eigenvalue weighted by Gasteiger charge is -2.41. The molecule has 4 heteroatoms. The van der Waals surface area contributed by atoms with E-state index in [1.807, 2.05) is 35.2 Å². The number of fused-ring (bicyclic) bond motifs is 1. The van der Waals surface area contributed by atoms with Gasteiger partial charge in [0.2, 0.25) is 5.91 Å². The number of carboxylic acid groups (broad SMARTS) is 1. The summed E-state index contributed by atoms with van der Waals surface area (Å²) in [5.41, 5.74) is 0.977. The summed E-state index contributed by atoms with van der Waals surface area (Å²) in [6, 6.07) is 9.31. The molecule has 2 atom stereocenters. The van der Waals surface area contributed by atoms with E-state index in [1.54, 1.807) is 6.08 Å². The molecule has 24 heavy (non-hydrogen) atoms. The van der Waals surface area contributed by atoms with Crippen molar-refractivity contribution in [3.05, 3.63) is 41.5 Å². The Kier molecular flexibility index (Phi) is 5.34. The van der Waals surface area contributed by atoms with E-state index >= 15 is 0 Å². The molecule has 1 aliphatic heterocycles. The second kappa shape index (κ2) is 7.65. The van der Waals surface area contributed by atoms with Crippen LogP contribution in [0.5, 0.6) is 0 Å². The number of benzene rings is 1. The number of piperidine rings is 1. The molecule has 128 valence electrons. The van der Waals surface area contributed by atoms with Crippen LogP contribution in [0.25, 0.3) is 6.08 Å². The molecule has 1 heterocycles. The third kappa shape index (κ3) is 4.05. The van der Waals surface area contributed by atoms with Crippen molar-refractivity contribution in [2.24, 2.45) is 11.8 Å². The van der Waals surface area contributed by atoms with Gasteiger partial charge in [-0.3, -0.25) is 4.79 Å². The summed E-state index contributed by atoms with van der Waals surface area (Å²) in [5.74, 6) is 0.313. The van der Waals surface area contributed by atoms with Gasteiger partial charge < -0.3 is 10.0 Å². The fourth-order valence-corrected chi connectivity index (χ4v) is 4.04. The Hall–Kier alpha value is -2.10. The van der Waals surface area contributed by atoms with Gasteiger partial charge in [-0.1, -0.05) is 49.6 Å². The summed E-state index contributed by atoms with van der Waals surface area (Å²) < 4.78 is 0. The molecule has 0 aromatic heterocycles. The Morgan fingerprint density at radius 2 is 1.79 bits per heavy atom. The third-order valence-electron chi connectivity index (χ3n) is 5.40. The summed E-state index contributed by atoms with van der Waals surface area (Å²) in [5, 5.41) is 9.43. The van der Waals surface area contributed by atoms with Gasteiger partial charge in [0.25, 0.3) is 0 Å². The van der Waals surface area contributed by atoms with Crippen LogP contribution >= 0.6 is 0 Å². The number of nitrogens with zero attached hydrogens (tertiary/aromatic N) is 1. The van der Waals surface area contributed by atoms with Crippen molar-refractivity contribution in [3.8, 4) is 0 Å². The average molecular weight is 327 g/mol. The van der Waals surface area contributed by atoms with Gasteiger partial charge in [0.1, 0.15) is 0 Å². The van der Waals surface area contributed by atoms with Gasteiger partial charge in [0.15, 0.2) is 0 Å². The van der Waals surface area contributed by atoms with E-state index in [-0.39, 0.29) is 17.9 Å². The fourth-order valence-electron chi connectivity index (χ4n) is 4.04. The molecule has 1 saturated heterocycles. The predicted octanol–water partition coefficient (Wildman–Crippen LogP) is 3.58. The first-order chi connectivity index (χ1) is 11.6. The van der Waals surface area contributed by atoms with E-state index in [0.717, 1.165) is 31.0 Å². The van der Waals surface area contributed by atoms with Gasteiger partial charge in [-0.05, 0) is 36.3 Å². The molecule has 1 aromatic carbocycles. The first kappa shape index (κ1) is 16.7. The number of aliphatic carboxylic acids is 1. The minimum Gasteiger partial charge on any atom is -0.478 e. The van der Waals surface area contributed by atoms with E-state index in [0.29, 0.717) is 5.92 Å². The highest BCUT2D eigenvalue weighted by Gasteiger charge is 2.33. The average Bonchev–Trinajstić information content (AvgIpc) is 2.61. The molecule has 1 aliphatic carbocycles. The Labute approximate surface area is 143 Å². The fraction of sp³-hybridized carbons (Fsp3) is 0.500. The summed E-state index contributed by atoms with van der Waals surface area (Å²) in [7, 11) is 0. The molecule has 0 spiro atoms. The van der Waals surface area contributed by atoms with Gasteiger partial charge in [-0.2, -0.15) is 0 Å². The highest BCUT2D eigenvalue weighted by molar-refractivity contribution is 5.98. The number of likely N-dealkylation sites (tertiary alicyclic amines) is 1. The Morgan fingerprint density at radius 3 is 2.50 bits per heavy atom. The summed E-state index contributed by atoms with van der Waals surface area (Å²) in [4.78, 5) is 26.0. The highest BCUT2D eigenvalue weighted by Crippen LogP contribution is 2.36. The zero-order valence-electron chi connectivity index (χ0n) is 14.0. The van der Waals surface area contributed by atoms with Crippen LogP contribution in [-0.4, -0.2) is 35.0 Å². The van der Waals surface area contributed by atoms with Crippen LogP contribution in [-0.2, 0) is 9.59 Å². The van der Waals surface area contributed by atoms with Crippen molar-refractivity contribution >= 4 is 18.0 Å². The first-order valence-corrected chi connectivity index (χ1v) is 8.90. The lowest BCUT2D eigenvalue weighted by Crippen LogP contribution is -2.45. The zero-order chi connectivity index (χ0) is 16.9. The SMILES string of the molecule is O=C(O)/C(=C/c1ccccc1)CC(=O)N1CC[C@@H]2CCCC[C@H]2C1. The maximum absolute atomic E-state index is 12.6. The summed E-state index contributed by atoms with van der Waals surface area (Å²) in [6.45, 7) is 1.58. The predicted molar refractivity (Wildman–Crippen MR) is 93.3 cm³/mol. The number of rotatable bonds is 4. The lowest BCUT2D eigenvalue weighted by molar-refractivity contribution is -0.137. The maximum atomic E-state index is 12.6. The molecule has 1 N–H and O–H groups in total. The van der Waals surface area contributed by atoms with Crippen molar-refractivity contribution in [2.45, 2.75) is 38.5 Å². The van der Waals surface area contributed by atoms with E-state index in [4.69, 9.17) is 0 Å². The molecule has 0 bridgehead atoms. The van der Waals surface area contributed by atoms with Crippen LogP contribution < -0.4 is 0 Å². The Morgan fingerprint density at radius 1 is 1.08 bits per heavy atom. The van der Waals surface area contributed by atoms with Crippen molar-refractivity contribution in [1.82, 2.24) is 4.90 Å². The van der Waals surface area contributed by atoms with Crippen molar-refractivity contribution in [2.75, 3.05) is 13.1 Å². The topological polar surface area (TPSA) is 57.6 Å². The molecule has 1 aromatic rings. The summed E-state index contributed by atoms with van der Waals surface area (Å²) in [6.07, 6.45) is 7.73. The quantitative estimate of drug-likeness (QED) is 0.860. The second-order valence-electron chi connectivity index (χ2n) is 7.00. The molecule has 0 unspecified atom stereocenters. The van der Waals surface area contributed by atoms with Crippen LogP contribution in [0.1, 0.15) is 44.1 Å². The number of carbonyl (C=O) groups excluding carboxylic acids is 1. The largest absolute Gasteiger partial charge is 0.478 e. The standard InChI is InChI=1S/C20H25NO3/c22-19(21-11-10-16-8-4-5-9-17(16)14-21)13-18(20(23)24)12-15-6-2-1-3-7-15/h1-3,6-7,12,16-17H,4-5,8-11,13-14H2,(H,23,24)/b18-12+/t16-,17-/m0/s1. The zero-order valence-corrected chi connectivity index (χ0v) is 14.0. The minimum atomic E-state index is -1.01. The second-order valence-corrected chi connectivity index (χ2v) is 7.00. The molecule has 1 saturated carbocycles. The molecule has 2 aliphatic rings. The van der Waals surface area contributed by atoms with Gasteiger partial charge in [0.05, 0.1) is 6.42 Å². The molecule has 0 radical (unpaired) electrons. The van der Waals surface area contributed by atoms with Crippen LogP contribution in [0.3, 0.4) is 0 Å². The van der Waals surface area contributed by atoms with Crippen LogP contribution in [0.15, 0.2) is 35.9 Å². The Balaban J connectivity index is 1.66. The van der Waals surface area contributed by atoms with Gasteiger partial charge >= 0.3 is 5.97 Å². The van der Waals surface area contributed by atoms with E-state index in [1.165, 1.54) is 25.7 Å². The number of carboxylic acids is 1. The lowest BCUT2D eigenvalue weighted by atomic mass is 9.75. The minimum absolute atomic E-state index is 0.0262. The van der Waals surface area contributed by atoms with Crippen molar-refractivity contribution in [3.63, 3.8) is 0 Å². The highest BCUT2D eigenvalue weighted by atomic mass is 16.4. The molecule has 1 amide bonds. The third-order valence-corrected chi connectivity index (χ3v) is 5.40. The number of hydrogen-bond donors (Lipinski definition) is 1. The van der Waals surface area contributed by atoms with Gasteiger partial charge in [0, 0.05) is 18.7 Å². The van der Waals surface area contributed by atoms with Crippen LogP contribution in [0.4, 0.5) is 0 Å². The van der Waals surface area contributed by atoms with E-state index in [2.05, 4.69) is 0 Å². The maximum Gasteiger partial charge on any atom is 0.332 e. The van der Waals surface area contributed by atoms with Crippen LogP contribution in [0, 0.1) is 11.8 Å². The number of amides is 1. The van der Waals surface area contributed by atoms with Crippen molar-refractivity contribution in [1.29, 1.82) is 0 Å². The molecule has 4 nitrogen and oxygen atoms in total. The Bertz CT molecular complexity index is 623. The number of hydrogen-bond acceptors (Lipinski definition) is 2.